The van der Waals surface area contributed by atoms with Crippen LogP contribution < -0.4 is 10.5 Å². The summed E-state index contributed by atoms with van der Waals surface area (Å²) in [7, 11) is 1.59. The minimum absolute atomic E-state index is 0.467. The van der Waals surface area contributed by atoms with Gasteiger partial charge in [-0.1, -0.05) is 19.4 Å². The molecule has 3 heteroatoms. The lowest BCUT2D eigenvalue weighted by atomic mass is 10.0. The van der Waals surface area contributed by atoms with E-state index in [1.54, 1.807) is 13.2 Å². The van der Waals surface area contributed by atoms with Gasteiger partial charge >= 0.3 is 0 Å². The summed E-state index contributed by atoms with van der Waals surface area (Å²) < 4.78 is 5.03. The summed E-state index contributed by atoms with van der Waals surface area (Å²) in [6, 6.07) is 5.35. The third-order valence-electron chi connectivity index (χ3n) is 2.22. The van der Waals surface area contributed by atoms with Crippen molar-refractivity contribution >= 4 is 5.69 Å². The van der Waals surface area contributed by atoms with Gasteiger partial charge in [0.2, 0.25) is 0 Å². The largest absolute Gasteiger partial charge is 0.497 e. The molecule has 1 aromatic rings. The Balaban J connectivity index is 2.88. The van der Waals surface area contributed by atoms with E-state index in [9.17, 15) is 5.11 Å². The summed E-state index contributed by atoms with van der Waals surface area (Å²) in [4.78, 5) is 0. The molecule has 1 rings (SSSR count). The molecule has 0 aliphatic rings. The zero-order valence-electron chi connectivity index (χ0n) is 8.66. The summed E-state index contributed by atoms with van der Waals surface area (Å²) in [5, 5.41) is 9.74. The molecule has 3 N–H and O–H groups in total. The fourth-order valence-electron chi connectivity index (χ4n) is 1.41. The highest BCUT2D eigenvalue weighted by Gasteiger charge is 2.10. The van der Waals surface area contributed by atoms with Gasteiger partial charge < -0.3 is 15.6 Å². The zero-order chi connectivity index (χ0) is 10.6. The first-order valence-corrected chi connectivity index (χ1v) is 4.80. The van der Waals surface area contributed by atoms with E-state index in [4.69, 9.17) is 10.5 Å². The molecule has 0 radical (unpaired) electrons. The average Bonchev–Trinajstić information content (AvgIpc) is 2.17. The number of hydrogen-bond donors (Lipinski definition) is 2. The Morgan fingerprint density at radius 1 is 1.50 bits per heavy atom. The van der Waals surface area contributed by atoms with Crippen LogP contribution in [-0.2, 0) is 0 Å². The molecule has 0 aliphatic heterocycles. The van der Waals surface area contributed by atoms with Crippen LogP contribution in [0.5, 0.6) is 5.75 Å². The number of nitrogen functional groups attached to an aromatic ring is 1. The van der Waals surface area contributed by atoms with Crippen LogP contribution in [0, 0.1) is 0 Å². The van der Waals surface area contributed by atoms with Crippen molar-refractivity contribution in [1.29, 1.82) is 0 Å². The second-order valence-corrected chi connectivity index (χ2v) is 3.30. The summed E-state index contributed by atoms with van der Waals surface area (Å²) in [5.41, 5.74) is 7.16. The van der Waals surface area contributed by atoms with E-state index < -0.39 is 6.10 Å². The third-order valence-corrected chi connectivity index (χ3v) is 2.22. The van der Waals surface area contributed by atoms with E-state index in [1.165, 1.54) is 0 Å². The monoisotopic (exact) mass is 195 g/mol. The number of rotatable bonds is 4. The molecule has 3 nitrogen and oxygen atoms in total. The average molecular weight is 195 g/mol. The van der Waals surface area contributed by atoms with Crippen molar-refractivity contribution in [2.45, 2.75) is 25.9 Å². The van der Waals surface area contributed by atoms with Crippen molar-refractivity contribution in [3.63, 3.8) is 0 Å². The van der Waals surface area contributed by atoms with Crippen molar-refractivity contribution in [1.82, 2.24) is 0 Å². The van der Waals surface area contributed by atoms with Gasteiger partial charge in [0.25, 0.3) is 0 Å². The molecule has 0 saturated carbocycles. The van der Waals surface area contributed by atoms with Crippen molar-refractivity contribution < 1.29 is 9.84 Å². The number of benzene rings is 1. The first-order chi connectivity index (χ1) is 6.69. The Hall–Kier alpha value is -1.22. The predicted molar refractivity (Wildman–Crippen MR) is 57.3 cm³/mol. The molecule has 14 heavy (non-hydrogen) atoms. The fraction of sp³-hybridized carbons (Fsp3) is 0.455. The van der Waals surface area contributed by atoms with Gasteiger partial charge in [-0.05, 0) is 12.5 Å². The molecular weight excluding hydrogens is 178 g/mol. The Kier molecular flexibility index (Phi) is 3.77. The lowest BCUT2D eigenvalue weighted by Gasteiger charge is -2.13. The van der Waals surface area contributed by atoms with Gasteiger partial charge in [-0.25, -0.2) is 0 Å². The second kappa shape index (κ2) is 4.86. The normalized spacial score (nSPS) is 12.5. The first kappa shape index (κ1) is 10.9. The van der Waals surface area contributed by atoms with Gasteiger partial charge in [0.1, 0.15) is 5.75 Å². The summed E-state index contributed by atoms with van der Waals surface area (Å²) in [6.45, 7) is 2.03. The van der Waals surface area contributed by atoms with Crippen LogP contribution >= 0.6 is 0 Å². The van der Waals surface area contributed by atoms with Crippen LogP contribution in [0.15, 0.2) is 18.2 Å². The molecule has 0 spiro atoms. The molecule has 0 fully saturated rings. The van der Waals surface area contributed by atoms with Gasteiger partial charge in [0, 0.05) is 17.3 Å². The van der Waals surface area contributed by atoms with Crippen LogP contribution in [0.1, 0.15) is 31.4 Å². The van der Waals surface area contributed by atoms with Crippen molar-refractivity contribution in [3.8, 4) is 5.75 Å². The summed E-state index contributed by atoms with van der Waals surface area (Å²) in [5.74, 6) is 0.718. The number of nitrogens with two attached hydrogens (primary N) is 1. The predicted octanol–water partition coefficient (Wildman–Crippen LogP) is 2.11. The molecule has 0 heterocycles. The molecule has 1 aromatic carbocycles. The Bertz CT molecular complexity index is 299. The smallest absolute Gasteiger partial charge is 0.120 e. The maximum absolute atomic E-state index is 9.74. The molecule has 1 atom stereocenters. The zero-order valence-corrected chi connectivity index (χ0v) is 8.66. The van der Waals surface area contributed by atoms with Crippen LogP contribution in [0.25, 0.3) is 0 Å². The molecule has 0 saturated heterocycles. The first-order valence-electron chi connectivity index (χ1n) is 4.80. The van der Waals surface area contributed by atoms with Crippen molar-refractivity contribution in [2.75, 3.05) is 12.8 Å². The lowest BCUT2D eigenvalue weighted by Crippen LogP contribution is -2.02. The number of aliphatic hydroxyl groups excluding tert-OH is 1. The number of methoxy groups -OCH3 is 1. The van der Waals surface area contributed by atoms with E-state index in [-0.39, 0.29) is 0 Å². The van der Waals surface area contributed by atoms with E-state index in [1.807, 2.05) is 19.1 Å². The van der Waals surface area contributed by atoms with Crippen LogP contribution in [0.4, 0.5) is 5.69 Å². The second-order valence-electron chi connectivity index (χ2n) is 3.30. The Morgan fingerprint density at radius 2 is 2.21 bits per heavy atom. The van der Waals surface area contributed by atoms with E-state index >= 15 is 0 Å². The van der Waals surface area contributed by atoms with E-state index in [0.29, 0.717) is 5.69 Å². The lowest BCUT2D eigenvalue weighted by molar-refractivity contribution is 0.167. The molecule has 1 unspecified atom stereocenters. The molecule has 0 aliphatic carbocycles. The molecule has 0 aromatic heterocycles. The molecule has 78 valence electrons. The van der Waals surface area contributed by atoms with Crippen molar-refractivity contribution in [2.24, 2.45) is 0 Å². The van der Waals surface area contributed by atoms with Crippen LogP contribution in [0.3, 0.4) is 0 Å². The Labute approximate surface area is 84.5 Å². The molecule has 0 amide bonds. The van der Waals surface area contributed by atoms with Gasteiger partial charge in [0.05, 0.1) is 13.2 Å². The number of aliphatic hydroxyl groups is 1. The minimum Gasteiger partial charge on any atom is -0.497 e. The van der Waals surface area contributed by atoms with Crippen LogP contribution in [-0.4, -0.2) is 12.2 Å². The Morgan fingerprint density at radius 3 is 2.71 bits per heavy atom. The number of anilines is 1. The highest BCUT2D eigenvalue weighted by Crippen LogP contribution is 2.27. The van der Waals surface area contributed by atoms with E-state index in [0.717, 1.165) is 24.2 Å². The summed E-state index contributed by atoms with van der Waals surface area (Å²) in [6.07, 6.45) is 1.20. The van der Waals surface area contributed by atoms with Crippen LogP contribution in [0.2, 0.25) is 0 Å². The minimum atomic E-state index is -0.467. The van der Waals surface area contributed by atoms with E-state index in [2.05, 4.69) is 0 Å². The van der Waals surface area contributed by atoms with Crippen molar-refractivity contribution in [3.05, 3.63) is 23.8 Å². The fourth-order valence-corrected chi connectivity index (χ4v) is 1.41. The number of hydrogen-bond acceptors (Lipinski definition) is 3. The third kappa shape index (κ3) is 2.39. The molecular formula is C11H17NO2. The van der Waals surface area contributed by atoms with Gasteiger partial charge in [-0.15, -0.1) is 0 Å². The highest BCUT2D eigenvalue weighted by molar-refractivity contribution is 5.52. The number of ether oxygens (including phenoxy) is 1. The maximum atomic E-state index is 9.74. The van der Waals surface area contributed by atoms with Gasteiger partial charge in [-0.2, -0.15) is 0 Å². The van der Waals surface area contributed by atoms with Gasteiger partial charge in [0.15, 0.2) is 0 Å². The quantitative estimate of drug-likeness (QED) is 0.723. The SMILES string of the molecule is CCCC(O)c1ccc(OC)cc1N. The molecule has 0 bridgehead atoms. The standard InChI is InChI=1S/C11H17NO2/c1-3-4-11(13)9-6-5-8(14-2)7-10(9)12/h5-7,11,13H,3-4,12H2,1-2H3. The maximum Gasteiger partial charge on any atom is 0.120 e. The highest BCUT2D eigenvalue weighted by atomic mass is 16.5. The summed E-state index contributed by atoms with van der Waals surface area (Å²) >= 11 is 0. The topological polar surface area (TPSA) is 55.5 Å². The van der Waals surface area contributed by atoms with Gasteiger partial charge in [-0.3, -0.25) is 0 Å².